The molecule has 0 aliphatic heterocycles. The molecule has 0 spiro atoms. The van der Waals surface area contributed by atoms with Crippen molar-refractivity contribution in [2.45, 2.75) is 50.7 Å². The maximum atomic E-state index is 13.9. The molecular formula is C28H29Cl4N3O4S. The average molecular weight is 645 g/mol. The Hall–Kier alpha value is -2.49. The topological polar surface area (TPSA) is 86.8 Å². The van der Waals surface area contributed by atoms with E-state index in [4.69, 9.17) is 46.4 Å². The third-order valence-corrected chi connectivity index (χ3v) is 9.30. The maximum Gasteiger partial charge on any atom is 0.264 e. The number of nitrogens with zero attached hydrogens (tertiary/aromatic N) is 2. The van der Waals surface area contributed by atoms with Crippen molar-refractivity contribution in [3.05, 3.63) is 92.4 Å². The van der Waals surface area contributed by atoms with Gasteiger partial charge in [0.2, 0.25) is 11.8 Å². The van der Waals surface area contributed by atoms with Gasteiger partial charge in [-0.3, -0.25) is 13.9 Å². The molecule has 40 heavy (non-hydrogen) atoms. The summed E-state index contributed by atoms with van der Waals surface area (Å²) in [4.78, 5) is 28.3. The fraction of sp³-hybridized carbons (Fsp3) is 0.286. The highest BCUT2D eigenvalue weighted by molar-refractivity contribution is 7.92. The summed E-state index contributed by atoms with van der Waals surface area (Å²) in [6.45, 7) is 4.75. The van der Waals surface area contributed by atoms with Crippen LogP contribution in [0.2, 0.25) is 20.1 Å². The van der Waals surface area contributed by atoms with Crippen LogP contribution in [0.25, 0.3) is 0 Å². The molecule has 0 bridgehead atoms. The van der Waals surface area contributed by atoms with Crippen molar-refractivity contribution in [2.75, 3.05) is 10.8 Å². The molecule has 2 atom stereocenters. The average Bonchev–Trinajstić information content (AvgIpc) is 2.91. The molecular weight excluding hydrogens is 616 g/mol. The summed E-state index contributed by atoms with van der Waals surface area (Å²) in [7, 11) is -4.24. The number of benzene rings is 3. The standard InChI is InChI=1S/C28H29Cl4N3O4S/c1-4-18(2)33-28(37)19(3)34(16-20-8-13-25(31)26(32)14-20)27(36)17-35(23-7-5-6-22(30)15-23)40(38,39)24-11-9-21(29)10-12-24/h5-15,18-19H,4,16-17H2,1-3H3,(H,33,37)/t18-,19+/m0/s1. The molecule has 3 rings (SSSR count). The number of halogens is 4. The number of hydrogen-bond acceptors (Lipinski definition) is 4. The van der Waals surface area contributed by atoms with Gasteiger partial charge in [0.05, 0.1) is 20.6 Å². The highest BCUT2D eigenvalue weighted by Crippen LogP contribution is 2.28. The number of amides is 2. The van der Waals surface area contributed by atoms with Crippen molar-refractivity contribution in [3.63, 3.8) is 0 Å². The smallest absolute Gasteiger partial charge is 0.264 e. The lowest BCUT2D eigenvalue weighted by molar-refractivity contribution is -0.139. The first-order chi connectivity index (χ1) is 18.8. The zero-order chi connectivity index (χ0) is 29.6. The Morgan fingerprint density at radius 3 is 2.15 bits per heavy atom. The second-order valence-corrected chi connectivity index (χ2v) is 12.8. The Morgan fingerprint density at radius 1 is 0.875 bits per heavy atom. The van der Waals surface area contributed by atoms with E-state index in [1.807, 2.05) is 13.8 Å². The van der Waals surface area contributed by atoms with E-state index in [9.17, 15) is 18.0 Å². The predicted molar refractivity (Wildman–Crippen MR) is 162 cm³/mol. The molecule has 0 aliphatic rings. The van der Waals surface area contributed by atoms with Gasteiger partial charge in [0, 0.05) is 22.6 Å². The number of anilines is 1. The third kappa shape index (κ3) is 8.04. The fourth-order valence-electron chi connectivity index (χ4n) is 3.78. The molecule has 12 heteroatoms. The lowest BCUT2D eigenvalue weighted by Gasteiger charge is -2.32. The Kier molecular flexibility index (Phi) is 11.1. The fourth-order valence-corrected chi connectivity index (χ4v) is 5.81. The van der Waals surface area contributed by atoms with Crippen LogP contribution in [-0.4, -0.2) is 43.8 Å². The molecule has 3 aromatic rings. The Labute approximate surface area is 255 Å². The molecule has 0 saturated carbocycles. The minimum absolute atomic E-state index is 0.0187. The second kappa shape index (κ2) is 13.9. The minimum atomic E-state index is -4.24. The molecule has 2 amide bonds. The van der Waals surface area contributed by atoms with Gasteiger partial charge in [-0.1, -0.05) is 65.5 Å². The van der Waals surface area contributed by atoms with Gasteiger partial charge < -0.3 is 10.2 Å². The second-order valence-electron chi connectivity index (χ2n) is 9.21. The Bertz CT molecular complexity index is 1470. The maximum absolute atomic E-state index is 13.9. The van der Waals surface area contributed by atoms with E-state index < -0.39 is 28.5 Å². The van der Waals surface area contributed by atoms with E-state index in [0.29, 0.717) is 22.0 Å². The first-order valence-electron chi connectivity index (χ1n) is 12.4. The lowest BCUT2D eigenvalue weighted by atomic mass is 10.1. The zero-order valence-corrected chi connectivity index (χ0v) is 25.9. The number of carbonyl (C=O) groups excluding carboxylic acids is 2. The summed E-state index contributed by atoms with van der Waals surface area (Å²) in [5, 5.41) is 4.16. The van der Waals surface area contributed by atoms with E-state index in [-0.39, 0.29) is 39.1 Å². The predicted octanol–water partition coefficient (Wildman–Crippen LogP) is 6.83. The first kappa shape index (κ1) is 32.0. The number of carbonyl (C=O) groups is 2. The van der Waals surface area contributed by atoms with Gasteiger partial charge in [0.1, 0.15) is 12.6 Å². The van der Waals surface area contributed by atoms with Crippen molar-refractivity contribution in [1.82, 2.24) is 10.2 Å². The van der Waals surface area contributed by atoms with Crippen LogP contribution in [0.3, 0.4) is 0 Å². The van der Waals surface area contributed by atoms with Crippen LogP contribution < -0.4 is 9.62 Å². The normalized spacial score (nSPS) is 12.9. The SMILES string of the molecule is CC[C@H](C)NC(=O)[C@@H](C)N(Cc1ccc(Cl)c(Cl)c1)C(=O)CN(c1cccc(Cl)c1)S(=O)(=O)c1ccc(Cl)cc1. The van der Waals surface area contributed by atoms with Gasteiger partial charge in [-0.05, 0) is 80.4 Å². The highest BCUT2D eigenvalue weighted by Gasteiger charge is 2.33. The van der Waals surface area contributed by atoms with Crippen molar-refractivity contribution < 1.29 is 18.0 Å². The van der Waals surface area contributed by atoms with Crippen LogP contribution in [0.15, 0.2) is 71.6 Å². The molecule has 0 fully saturated rings. The summed E-state index contributed by atoms with van der Waals surface area (Å²) in [6.07, 6.45) is 0.696. The van der Waals surface area contributed by atoms with Crippen molar-refractivity contribution >= 4 is 73.9 Å². The summed E-state index contributed by atoms with van der Waals surface area (Å²) in [5.74, 6) is -0.993. The third-order valence-electron chi connectivity index (χ3n) is 6.28. The van der Waals surface area contributed by atoms with E-state index in [2.05, 4.69) is 5.32 Å². The van der Waals surface area contributed by atoms with Crippen molar-refractivity contribution in [2.24, 2.45) is 0 Å². The molecule has 0 saturated heterocycles. The largest absolute Gasteiger partial charge is 0.352 e. The molecule has 1 N–H and O–H groups in total. The van der Waals surface area contributed by atoms with E-state index in [1.165, 1.54) is 41.3 Å². The molecule has 7 nitrogen and oxygen atoms in total. The molecule has 0 radical (unpaired) electrons. The van der Waals surface area contributed by atoms with E-state index in [1.54, 1.807) is 37.3 Å². The van der Waals surface area contributed by atoms with Crippen molar-refractivity contribution in [3.8, 4) is 0 Å². The quantitative estimate of drug-likeness (QED) is 0.248. The van der Waals surface area contributed by atoms with E-state index in [0.717, 1.165) is 4.31 Å². The Morgan fingerprint density at radius 2 is 1.55 bits per heavy atom. The van der Waals surface area contributed by atoms with Crippen LogP contribution in [0.5, 0.6) is 0 Å². The molecule has 214 valence electrons. The monoisotopic (exact) mass is 643 g/mol. The lowest BCUT2D eigenvalue weighted by Crippen LogP contribution is -2.52. The summed E-state index contributed by atoms with van der Waals surface area (Å²) in [5.41, 5.74) is 0.794. The van der Waals surface area contributed by atoms with Gasteiger partial charge in [0.25, 0.3) is 10.0 Å². The molecule has 0 heterocycles. The van der Waals surface area contributed by atoms with Gasteiger partial charge in [0.15, 0.2) is 0 Å². The van der Waals surface area contributed by atoms with Crippen LogP contribution in [0.1, 0.15) is 32.8 Å². The van der Waals surface area contributed by atoms with Gasteiger partial charge in [-0.2, -0.15) is 0 Å². The van der Waals surface area contributed by atoms with Gasteiger partial charge in [-0.15, -0.1) is 0 Å². The van der Waals surface area contributed by atoms with Crippen LogP contribution in [-0.2, 0) is 26.2 Å². The zero-order valence-electron chi connectivity index (χ0n) is 22.1. The highest BCUT2D eigenvalue weighted by atomic mass is 35.5. The van der Waals surface area contributed by atoms with Crippen molar-refractivity contribution in [1.29, 1.82) is 0 Å². The summed E-state index contributed by atoms with van der Waals surface area (Å²) < 4.78 is 28.6. The Balaban J connectivity index is 2.04. The van der Waals surface area contributed by atoms with Crippen LogP contribution >= 0.6 is 46.4 Å². The van der Waals surface area contributed by atoms with E-state index >= 15 is 0 Å². The summed E-state index contributed by atoms with van der Waals surface area (Å²) >= 11 is 24.4. The molecule has 0 unspecified atom stereocenters. The van der Waals surface area contributed by atoms with Gasteiger partial charge >= 0.3 is 0 Å². The van der Waals surface area contributed by atoms with Gasteiger partial charge in [-0.25, -0.2) is 8.42 Å². The van der Waals surface area contributed by atoms with Crippen LogP contribution in [0.4, 0.5) is 5.69 Å². The number of hydrogen-bond donors (Lipinski definition) is 1. The number of sulfonamides is 1. The molecule has 0 aliphatic carbocycles. The first-order valence-corrected chi connectivity index (χ1v) is 15.4. The molecule has 3 aromatic carbocycles. The number of rotatable bonds is 11. The van der Waals surface area contributed by atoms with Crippen LogP contribution in [0, 0.1) is 0 Å². The molecule has 0 aromatic heterocycles. The summed E-state index contributed by atoms with van der Waals surface area (Å²) in [6, 6.07) is 15.6. The minimum Gasteiger partial charge on any atom is -0.352 e. The number of nitrogens with one attached hydrogen (secondary N) is 1.